The van der Waals surface area contributed by atoms with Crippen molar-refractivity contribution in [3.8, 4) is 0 Å². The molecule has 146 valence electrons. The minimum atomic E-state index is -0.887. The Kier molecular flexibility index (Phi) is 18.1. The van der Waals surface area contributed by atoms with Crippen LogP contribution in [0.3, 0.4) is 0 Å². The summed E-state index contributed by atoms with van der Waals surface area (Å²) < 4.78 is 5.30. The van der Waals surface area contributed by atoms with Crippen LogP contribution in [-0.4, -0.2) is 23.8 Å². The van der Waals surface area contributed by atoms with Gasteiger partial charge < -0.3 is 9.84 Å². The van der Waals surface area contributed by atoms with E-state index in [9.17, 15) is 4.79 Å². The average Bonchev–Trinajstić information content (AvgIpc) is 2.63. The molecule has 0 rings (SSSR count). The number of allylic oxidation sites excluding steroid dienone is 9. The fraction of sp³-hybridized carbons (Fsp3) is 0.522. The third kappa shape index (κ3) is 17.0. The third-order valence-corrected chi connectivity index (χ3v) is 3.53. The predicted molar refractivity (Wildman–Crippen MR) is 111 cm³/mol. The summed E-state index contributed by atoms with van der Waals surface area (Å²) in [6, 6.07) is 0. The lowest BCUT2D eigenvalue weighted by atomic mass is 10.2. The van der Waals surface area contributed by atoms with Crippen LogP contribution in [0, 0.1) is 0 Å². The Balaban J connectivity index is 3.69. The topological polar surface area (TPSA) is 46.5 Å². The number of ether oxygens (including phenoxy) is 1. The molecule has 3 nitrogen and oxygen atoms in total. The van der Waals surface area contributed by atoms with E-state index in [0.717, 1.165) is 44.9 Å². The molecule has 0 amide bonds. The maximum absolute atomic E-state index is 11.0. The highest BCUT2D eigenvalue weighted by Crippen LogP contribution is 2.03. The number of carbonyl (C=O) groups is 1. The molecule has 1 atom stereocenters. The molecular formula is C23H36O3. The van der Waals surface area contributed by atoms with E-state index in [0.29, 0.717) is 13.0 Å². The zero-order valence-electron chi connectivity index (χ0n) is 16.5. The van der Waals surface area contributed by atoms with Crippen LogP contribution in [0.25, 0.3) is 0 Å². The van der Waals surface area contributed by atoms with Crippen molar-refractivity contribution in [1.82, 2.24) is 0 Å². The molecule has 0 spiro atoms. The molecule has 1 unspecified atom stereocenters. The van der Waals surface area contributed by atoms with Crippen molar-refractivity contribution in [2.24, 2.45) is 0 Å². The lowest BCUT2D eigenvalue weighted by Gasteiger charge is -2.10. The quantitative estimate of drug-likeness (QED) is 0.256. The van der Waals surface area contributed by atoms with E-state index >= 15 is 0 Å². The average molecular weight is 361 g/mol. The van der Waals surface area contributed by atoms with Gasteiger partial charge in [0.15, 0.2) is 6.10 Å². The van der Waals surface area contributed by atoms with Gasteiger partial charge in [-0.05, 0) is 44.9 Å². The predicted octanol–water partition coefficient (Wildman–Crippen LogP) is 6.40. The highest BCUT2D eigenvalue weighted by atomic mass is 16.5. The van der Waals surface area contributed by atoms with E-state index in [1.165, 1.54) is 0 Å². The van der Waals surface area contributed by atoms with Crippen molar-refractivity contribution in [3.63, 3.8) is 0 Å². The molecule has 0 aliphatic heterocycles. The molecule has 0 heterocycles. The summed E-state index contributed by atoms with van der Waals surface area (Å²) in [5, 5.41) is 9.04. The third-order valence-electron chi connectivity index (χ3n) is 3.53. The number of carboxylic acids is 1. The molecule has 26 heavy (non-hydrogen) atoms. The number of carboxylic acid groups (broad SMARTS) is 1. The second kappa shape index (κ2) is 19.5. The lowest BCUT2D eigenvalue weighted by molar-refractivity contribution is -0.150. The van der Waals surface area contributed by atoms with Gasteiger partial charge in [-0.1, -0.05) is 74.6 Å². The van der Waals surface area contributed by atoms with E-state index in [-0.39, 0.29) is 0 Å². The Hall–Kier alpha value is -1.87. The Morgan fingerprint density at radius 1 is 0.808 bits per heavy atom. The van der Waals surface area contributed by atoms with Gasteiger partial charge in [-0.2, -0.15) is 0 Å². The zero-order chi connectivity index (χ0) is 19.3. The Morgan fingerprint density at radius 2 is 1.31 bits per heavy atom. The van der Waals surface area contributed by atoms with Crippen molar-refractivity contribution < 1.29 is 14.6 Å². The molecule has 0 aromatic rings. The molecule has 0 aliphatic rings. The van der Waals surface area contributed by atoms with E-state index in [1.54, 1.807) is 0 Å². The maximum Gasteiger partial charge on any atom is 0.333 e. The van der Waals surface area contributed by atoms with Crippen molar-refractivity contribution in [1.29, 1.82) is 0 Å². The number of unbranched alkanes of at least 4 members (excludes halogenated alkanes) is 1. The summed E-state index contributed by atoms with van der Waals surface area (Å²) in [5.74, 6) is -0.887. The SMILES string of the molecule is CC/C=C\C/C=C\C/C=C\C/C=C\CC/C=C/CC(OCCC)C(=O)O. The number of hydrogen-bond donors (Lipinski definition) is 1. The second-order valence-electron chi connectivity index (χ2n) is 5.98. The van der Waals surface area contributed by atoms with Crippen LogP contribution in [0.2, 0.25) is 0 Å². The van der Waals surface area contributed by atoms with Gasteiger partial charge in [0.1, 0.15) is 0 Å². The molecule has 0 bridgehead atoms. The van der Waals surface area contributed by atoms with Gasteiger partial charge in [0.2, 0.25) is 0 Å². The lowest BCUT2D eigenvalue weighted by Crippen LogP contribution is -2.23. The van der Waals surface area contributed by atoms with Gasteiger partial charge in [-0.25, -0.2) is 4.79 Å². The summed E-state index contributed by atoms with van der Waals surface area (Å²) in [5.41, 5.74) is 0. The molecule has 0 aromatic heterocycles. The number of aliphatic carboxylic acids is 1. The van der Waals surface area contributed by atoms with Gasteiger partial charge in [-0.3, -0.25) is 0 Å². The summed E-state index contributed by atoms with van der Waals surface area (Å²) >= 11 is 0. The minimum Gasteiger partial charge on any atom is -0.479 e. The first-order valence-electron chi connectivity index (χ1n) is 9.81. The highest BCUT2D eigenvalue weighted by Gasteiger charge is 2.15. The standard InChI is InChI=1S/C23H36O3/c1-3-5-6-7-8-9-10-11-12-13-14-15-16-17-18-19-20-22(23(24)25)26-21-4-2/h5-6,8-9,11-12,14-15,18-19,22H,3-4,7,10,13,16-17,20-21H2,1-2H3,(H,24,25)/b6-5-,9-8-,12-11-,15-14-,19-18+. The van der Waals surface area contributed by atoms with Crippen LogP contribution in [-0.2, 0) is 9.53 Å². The molecule has 0 saturated carbocycles. The maximum atomic E-state index is 11.0. The Labute approximate surface area is 159 Å². The summed E-state index contributed by atoms with van der Waals surface area (Å²) in [4.78, 5) is 11.0. The fourth-order valence-corrected chi connectivity index (χ4v) is 2.13. The molecule has 3 heteroatoms. The van der Waals surface area contributed by atoms with Gasteiger partial charge in [0, 0.05) is 13.0 Å². The molecule has 1 N–H and O–H groups in total. The second-order valence-corrected chi connectivity index (χ2v) is 5.98. The van der Waals surface area contributed by atoms with Gasteiger partial charge in [0.25, 0.3) is 0 Å². The smallest absolute Gasteiger partial charge is 0.333 e. The normalized spacial score (nSPS) is 13.9. The van der Waals surface area contributed by atoms with Crippen LogP contribution in [0.4, 0.5) is 0 Å². The molecule has 0 aromatic carbocycles. The van der Waals surface area contributed by atoms with Gasteiger partial charge in [0.05, 0.1) is 0 Å². The molecule has 0 radical (unpaired) electrons. The monoisotopic (exact) mass is 360 g/mol. The Bertz CT molecular complexity index is 470. The Morgan fingerprint density at radius 3 is 1.81 bits per heavy atom. The van der Waals surface area contributed by atoms with Crippen LogP contribution >= 0.6 is 0 Å². The van der Waals surface area contributed by atoms with E-state index in [4.69, 9.17) is 9.84 Å². The minimum absolute atomic E-state index is 0.434. The molecule has 0 saturated heterocycles. The summed E-state index contributed by atoms with van der Waals surface area (Å²) in [7, 11) is 0. The first kappa shape index (κ1) is 24.1. The zero-order valence-corrected chi connectivity index (χ0v) is 16.5. The van der Waals surface area contributed by atoms with Gasteiger partial charge >= 0.3 is 5.97 Å². The van der Waals surface area contributed by atoms with E-state index in [1.807, 2.05) is 19.1 Å². The number of rotatable bonds is 16. The highest BCUT2D eigenvalue weighted by molar-refractivity contribution is 5.72. The fourth-order valence-electron chi connectivity index (χ4n) is 2.13. The van der Waals surface area contributed by atoms with E-state index in [2.05, 4.69) is 55.5 Å². The van der Waals surface area contributed by atoms with Crippen molar-refractivity contribution in [3.05, 3.63) is 60.8 Å². The van der Waals surface area contributed by atoms with Crippen LogP contribution < -0.4 is 0 Å². The van der Waals surface area contributed by atoms with Crippen molar-refractivity contribution in [2.75, 3.05) is 6.61 Å². The summed E-state index contributed by atoms with van der Waals surface area (Å²) in [6.07, 6.45) is 27.9. The van der Waals surface area contributed by atoms with Gasteiger partial charge in [-0.15, -0.1) is 0 Å². The molecule has 0 aliphatic carbocycles. The van der Waals surface area contributed by atoms with Crippen LogP contribution in [0.15, 0.2) is 60.8 Å². The molecule has 0 fully saturated rings. The van der Waals surface area contributed by atoms with E-state index < -0.39 is 12.1 Å². The largest absolute Gasteiger partial charge is 0.479 e. The van der Waals surface area contributed by atoms with Crippen LogP contribution in [0.5, 0.6) is 0 Å². The van der Waals surface area contributed by atoms with Crippen molar-refractivity contribution >= 4 is 5.97 Å². The van der Waals surface area contributed by atoms with Crippen LogP contribution in [0.1, 0.15) is 65.2 Å². The summed E-state index contributed by atoms with van der Waals surface area (Å²) in [6.45, 7) is 4.61. The number of hydrogen-bond acceptors (Lipinski definition) is 2. The molecular weight excluding hydrogens is 324 g/mol. The first-order valence-corrected chi connectivity index (χ1v) is 9.81. The van der Waals surface area contributed by atoms with Crippen molar-refractivity contribution in [2.45, 2.75) is 71.3 Å². The first-order chi connectivity index (χ1) is 12.7.